The molecule has 1 heterocycles. The Labute approximate surface area is 101 Å². The van der Waals surface area contributed by atoms with E-state index in [4.69, 9.17) is 5.14 Å². The van der Waals surface area contributed by atoms with E-state index in [-0.39, 0.29) is 5.16 Å². The molecule has 0 aliphatic heterocycles. The van der Waals surface area contributed by atoms with E-state index < -0.39 is 10.0 Å². The van der Waals surface area contributed by atoms with Crippen molar-refractivity contribution in [3.8, 4) is 0 Å². The maximum Gasteiger partial charge on any atom is 0.282 e. The molecule has 1 fully saturated rings. The Balaban J connectivity index is 2.01. The molecule has 96 valence electrons. The number of aromatic amines is 1. The topological polar surface area (TPSA) is 102 Å². The number of primary sulfonamides is 1. The fourth-order valence-electron chi connectivity index (χ4n) is 2.34. The van der Waals surface area contributed by atoms with Crippen LogP contribution in [0.25, 0.3) is 0 Å². The average molecular weight is 258 g/mol. The lowest BCUT2D eigenvalue weighted by atomic mass is 9.96. The van der Waals surface area contributed by atoms with E-state index in [0.29, 0.717) is 11.7 Å². The van der Waals surface area contributed by atoms with Crippen LogP contribution in [0.1, 0.15) is 44.3 Å². The van der Waals surface area contributed by atoms with Crippen LogP contribution >= 0.6 is 0 Å². The van der Waals surface area contributed by atoms with Crippen molar-refractivity contribution in [2.24, 2.45) is 11.1 Å². The molecule has 0 bridgehead atoms. The van der Waals surface area contributed by atoms with E-state index in [0.717, 1.165) is 6.42 Å². The molecular weight excluding hydrogens is 240 g/mol. The second kappa shape index (κ2) is 5.14. The van der Waals surface area contributed by atoms with Crippen molar-refractivity contribution >= 4 is 10.0 Å². The fourth-order valence-corrected chi connectivity index (χ4v) is 2.75. The van der Waals surface area contributed by atoms with Crippen molar-refractivity contribution in [2.45, 2.75) is 50.1 Å². The third-order valence-electron chi connectivity index (χ3n) is 3.22. The first kappa shape index (κ1) is 12.5. The van der Waals surface area contributed by atoms with Gasteiger partial charge in [0, 0.05) is 6.42 Å². The van der Waals surface area contributed by atoms with Gasteiger partial charge in [0.15, 0.2) is 0 Å². The second-order valence-corrected chi connectivity index (χ2v) is 6.13. The van der Waals surface area contributed by atoms with Crippen LogP contribution in [0.5, 0.6) is 0 Å². The number of nitrogens with zero attached hydrogens (tertiary/aromatic N) is 2. The van der Waals surface area contributed by atoms with Crippen molar-refractivity contribution in [3.05, 3.63) is 5.82 Å². The summed E-state index contributed by atoms with van der Waals surface area (Å²) in [5.74, 6) is 1.21. The zero-order chi connectivity index (χ0) is 12.3. The Morgan fingerprint density at radius 3 is 2.41 bits per heavy atom. The molecule has 1 aliphatic carbocycles. The van der Waals surface area contributed by atoms with Crippen molar-refractivity contribution in [1.29, 1.82) is 0 Å². The van der Waals surface area contributed by atoms with Gasteiger partial charge in [-0.05, 0) is 5.92 Å². The van der Waals surface area contributed by atoms with Crippen LogP contribution in [0.15, 0.2) is 5.16 Å². The summed E-state index contributed by atoms with van der Waals surface area (Å²) in [5, 5.41) is 10.9. The van der Waals surface area contributed by atoms with Crippen molar-refractivity contribution in [3.63, 3.8) is 0 Å². The monoisotopic (exact) mass is 258 g/mol. The minimum absolute atomic E-state index is 0.305. The number of H-pyrrole nitrogens is 1. The van der Waals surface area contributed by atoms with E-state index in [1.54, 1.807) is 0 Å². The van der Waals surface area contributed by atoms with Gasteiger partial charge in [-0.3, -0.25) is 5.10 Å². The van der Waals surface area contributed by atoms with Crippen LogP contribution in [0.2, 0.25) is 0 Å². The highest BCUT2D eigenvalue weighted by atomic mass is 32.2. The van der Waals surface area contributed by atoms with E-state index >= 15 is 0 Å². The Morgan fingerprint density at radius 2 is 1.88 bits per heavy atom. The van der Waals surface area contributed by atoms with Crippen LogP contribution in [0.4, 0.5) is 0 Å². The lowest BCUT2D eigenvalue weighted by Crippen LogP contribution is -2.14. The smallest absolute Gasteiger partial charge is 0.262 e. The fraction of sp³-hybridized carbons (Fsp3) is 0.800. The third kappa shape index (κ3) is 3.50. The summed E-state index contributed by atoms with van der Waals surface area (Å²) in [5.41, 5.74) is 0. The standard InChI is InChI=1S/C10H18N4O2S/c11-17(15,16)10-12-9(13-14-10)7-8-5-3-1-2-4-6-8/h8H,1-7H2,(H2,11,15,16)(H,12,13,14). The first-order chi connectivity index (χ1) is 8.05. The minimum atomic E-state index is -3.78. The molecule has 1 saturated carbocycles. The molecular formula is C10H18N4O2S. The molecule has 1 aromatic heterocycles. The SMILES string of the molecule is NS(=O)(=O)c1n[nH]c(CC2CCCCCC2)n1. The summed E-state index contributed by atoms with van der Waals surface area (Å²) in [7, 11) is -3.78. The number of sulfonamides is 1. The molecule has 0 aromatic carbocycles. The average Bonchev–Trinajstić information content (AvgIpc) is 2.56. The normalized spacial score (nSPS) is 19.1. The summed E-state index contributed by atoms with van der Waals surface area (Å²) in [6.45, 7) is 0. The van der Waals surface area contributed by atoms with Gasteiger partial charge in [0.2, 0.25) is 0 Å². The number of hydrogen-bond donors (Lipinski definition) is 2. The van der Waals surface area contributed by atoms with Gasteiger partial charge < -0.3 is 0 Å². The largest absolute Gasteiger partial charge is 0.282 e. The van der Waals surface area contributed by atoms with E-state index in [1.807, 2.05) is 0 Å². The van der Waals surface area contributed by atoms with Gasteiger partial charge in [0.25, 0.3) is 15.2 Å². The van der Waals surface area contributed by atoms with Crippen molar-refractivity contribution in [1.82, 2.24) is 15.2 Å². The number of hydrogen-bond acceptors (Lipinski definition) is 4. The summed E-state index contributed by atoms with van der Waals surface area (Å²) in [6, 6.07) is 0. The van der Waals surface area contributed by atoms with Gasteiger partial charge in [0.1, 0.15) is 5.82 Å². The van der Waals surface area contributed by atoms with E-state index in [2.05, 4.69) is 15.2 Å². The molecule has 7 heteroatoms. The molecule has 0 saturated heterocycles. The second-order valence-electron chi connectivity index (χ2n) is 4.67. The summed E-state index contributed by atoms with van der Waals surface area (Å²) in [6.07, 6.45) is 8.24. The van der Waals surface area contributed by atoms with Crippen LogP contribution < -0.4 is 5.14 Å². The Morgan fingerprint density at radius 1 is 1.24 bits per heavy atom. The molecule has 0 atom stereocenters. The molecule has 1 aliphatic rings. The molecule has 0 amide bonds. The van der Waals surface area contributed by atoms with Crippen molar-refractivity contribution in [2.75, 3.05) is 0 Å². The van der Waals surface area contributed by atoms with E-state index in [1.165, 1.54) is 38.5 Å². The maximum atomic E-state index is 11.0. The van der Waals surface area contributed by atoms with Gasteiger partial charge in [0.05, 0.1) is 0 Å². The zero-order valence-corrected chi connectivity index (χ0v) is 10.5. The van der Waals surface area contributed by atoms with Gasteiger partial charge in [-0.15, -0.1) is 5.10 Å². The molecule has 17 heavy (non-hydrogen) atoms. The van der Waals surface area contributed by atoms with Crippen LogP contribution in [0, 0.1) is 5.92 Å². The highest BCUT2D eigenvalue weighted by molar-refractivity contribution is 7.89. The molecule has 0 radical (unpaired) electrons. The Kier molecular flexibility index (Phi) is 3.78. The highest BCUT2D eigenvalue weighted by Gasteiger charge is 2.18. The molecule has 6 nitrogen and oxygen atoms in total. The van der Waals surface area contributed by atoms with Crippen LogP contribution in [-0.4, -0.2) is 23.6 Å². The molecule has 0 unspecified atom stereocenters. The molecule has 1 aromatic rings. The molecule has 2 rings (SSSR count). The lowest BCUT2D eigenvalue weighted by Gasteiger charge is -2.10. The number of nitrogens with two attached hydrogens (primary N) is 1. The number of nitrogens with one attached hydrogen (secondary N) is 1. The first-order valence-corrected chi connectivity index (χ1v) is 7.54. The minimum Gasteiger partial charge on any atom is -0.262 e. The predicted octanol–water partition coefficient (Wildman–Crippen LogP) is 0.965. The predicted molar refractivity (Wildman–Crippen MR) is 62.7 cm³/mol. The zero-order valence-electron chi connectivity index (χ0n) is 9.72. The van der Waals surface area contributed by atoms with Gasteiger partial charge in [-0.1, -0.05) is 38.5 Å². The quantitative estimate of drug-likeness (QED) is 0.788. The molecule has 3 N–H and O–H groups in total. The number of aromatic nitrogens is 3. The van der Waals surface area contributed by atoms with Crippen LogP contribution in [0.3, 0.4) is 0 Å². The summed E-state index contributed by atoms with van der Waals surface area (Å²) >= 11 is 0. The first-order valence-electron chi connectivity index (χ1n) is 6.00. The number of rotatable bonds is 3. The Bertz CT molecular complexity index is 460. The van der Waals surface area contributed by atoms with E-state index in [9.17, 15) is 8.42 Å². The summed E-state index contributed by atoms with van der Waals surface area (Å²) < 4.78 is 22.1. The summed E-state index contributed by atoms with van der Waals surface area (Å²) in [4.78, 5) is 3.93. The molecule has 0 spiro atoms. The van der Waals surface area contributed by atoms with Crippen molar-refractivity contribution < 1.29 is 8.42 Å². The lowest BCUT2D eigenvalue weighted by molar-refractivity contribution is 0.448. The third-order valence-corrected chi connectivity index (χ3v) is 3.91. The maximum absolute atomic E-state index is 11.0. The van der Waals surface area contributed by atoms with Crippen LogP contribution in [-0.2, 0) is 16.4 Å². The van der Waals surface area contributed by atoms with Gasteiger partial charge in [-0.2, -0.15) is 0 Å². The van der Waals surface area contributed by atoms with Gasteiger partial charge >= 0.3 is 0 Å². The highest BCUT2D eigenvalue weighted by Crippen LogP contribution is 2.25. The Hall–Kier alpha value is -0.950. The van der Waals surface area contributed by atoms with Gasteiger partial charge in [-0.25, -0.2) is 18.5 Å².